The molecule has 1 fully saturated rings. The predicted molar refractivity (Wildman–Crippen MR) is 112 cm³/mol. The molecular weight excluding hydrogens is 370 g/mol. The largest absolute Gasteiger partial charge is 0.497 e. The molecule has 2 aromatic carbocycles. The maximum Gasteiger partial charge on any atom is 0.271 e. The molecule has 154 valence electrons. The topological polar surface area (TPSA) is 72.4 Å². The Kier molecular flexibility index (Phi) is 7.21. The van der Waals surface area contributed by atoms with Crippen molar-refractivity contribution in [2.75, 3.05) is 40.5 Å². The van der Waals surface area contributed by atoms with Crippen molar-refractivity contribution in [2.45, 2.75) is 13.0 Å². The molecule has 0 aliphatic carbocycles. The summed E-state index contributed by atoms with van der Waals surface area (Å²) in [6.45, 7) is 4.93. The van der Waals surface area contributed by atoms with Gasteiger partial charge in [-0.15, -0.1) is 0 Å². The van der Waals surface area contributed by atoms with Gasteiger partial charge in [0.05, 0.1) is 39.2 Å². The van der Waals surface area contributed by atoms with Crippen molar-refractivity contribution < 1.29 is 19.0 Å². The maximum absolute atomic E-state index is 12.7. The van der Waals surface area contributed by atoms with E-state index in [2.05, 4.69) is 27.6 Å². The normalized spacial score (nSPS) is 16.2. The van der Waals surface area contributed by atoms with Gasteiger partial charge in [0, 0.05) is 24.7 Å². The zero-order valence-electron chi connectivity index (χ0n) is 17.1. The zero-order chi connectivity index (χ0) is 20.6. The number of carbonyl (C=O) groups excluding carboxylic acids is 1. The fraction of sp³-hybridized carbons (Fsp3) is 0.364. The van der Waals surface area contributed by atoms with Crippen LogP contribution in [0.15, 0.2) is 53.6 Å². The molecule has 1 heterocycles. The molecule has 0 aromatic heterocycles. The molecule has 1 aliphatic heterocycles. The number of amides is 1. The number of carbonyl (C=O) groups is 1. The van der Waals surface area contributed by atoms with E-state index >= 15 is 0 Å². The van der Waals surface area contributed by atoms with Gasteiger partial charge < -0.3 is 14.2 Å². The van der Waals surface area contributed by atoms with E-state index in [0.717, 1.165) is 24.4 Å². The van der Waals surface area contributed by atoms with Crippen LogP contribution in [0, 0.1) is 0 Å². The van der Waals surface area contributed by atoms with Crippen LogP contribution in [-0.4, -0.2) is 57.0 Å². The Balaban J connectivity index is 1.80. The Morgan fingerprint density at radius 2 is 1.69 bits per heavy atom. The average molecular weight is 397 g/mol. The Bertz CT molecular complexity index is 826. The molecule has 7 nitrogen and oxygen atoms in total. The Hall–Kier alpha value is -2.90. The lowest BCUT2D eigenvalue weighted by atomic mass is 10.0. The first-order chi connectivity index (χ1) is 14.1. The molecule has 7 heteroatoms. The number of ether oxygens (including phenoxy) is 3. The number of hydrogen-bond donors (Lipinski definition) is 1. The van der Waals surface area contributed by atoms with Gasteiger partial charge in [-0.1, -0.05) is 30.3 Å². The van der Waals surface area contributed by atoms with E-state index in [9.17, 15) is 4.79 Å². The third-order valence-electron chi connectivity index (χ3n) is 4.87. The van der Waals surface area contributed by atoms with Crippen LogP contribution >= 0.6 is 0 Å². The highest BCUT2D eigenvalue weighted by atomic mass is 16.5. The van der Waals surface area contributed by atoms with Crippen LogP contribution in [0.5, 0.6) is 11.5 Å². The second kappa shape index (κ2) is 10.0. The SMILES string of the molecule is COc1cc(OC)cc(C(=O)N/N=C(/C)[C@H](c2ccccc2)N2CCOCC2)c1. The summed E-state index contributed by atoms with van der Waals surface area (Å²) >= 11 is 0. The number of hydrogen-bond acceptors (Lipinski definition) is 6. The minimum absolute atomic E-state index is 0.0276. The molecular formula is C22H27N3O4. The van der Waals surface area contributed by atoms with Gasteiger partial charge in [-0.05, 0) is 24.6 Å². The highest BCUT2D eigenvalue weighted by molar-refractivity contribution is 5.96. The van der Waals surface area contributed by atoms with Gasteiger partial charge in [-0.25, -0.2) is 5.43 Å². The smallest absolute Gasteiger partial charge is 0.271 e. The molecule has 0 bridgehead atoms. The summed E-state index contributed by atoms with van der Waals surface area (Å²) in [6, 6.07) is 15.2. The third kappa shape index (κ3) is 5.34. The molecule has 1 N–H and O–H groups in total. The van der Waals surface area contributed by atoms with Gasteiger partial charge in [-0.3, -0.25) is 9.69 Å². The first-order valence-electron chi connectivity index (χ1n) is 9.56. The number of nitrogens with zero attached hydrogens (tertiary/aromatic N) is 2. The van der Waals surface area contributed by atoms with Crippen molar-refractivity contribution in [1.82, 2.24) is 10.3 Å². The number of nitrogens with one attached hydrogen (secondary N) is 1. The second-order valence-electron chi connectivity index (χ2n) is 6.76. The van der Waals surface area contributed by atoms with Gasteiger partial charge >= 0.3 is 0 Å². The Morgan fingerprint density at radius 1 is 1.07 bits per heavy atom. The maximum atomic E-state index is 12.7. The molecule has 0 spiro atoms. The first-order valence-corrected chi connectivity index (χ1v) is 9.56. The highest BCUT2D eigenvalue weighted by Gasteiger charge is 2.25. The van der Waals surface area contributed by atoms with E-state index in [1.54, 1.807) is 32.4 Å². The monoisotopic (exact) mass is 397 g/mol. The van der Waals surface area contributed by atoms with Crippen LogP contribution in [0.2, 0.25) is 0 Å². The van der Waals surface area contributed by atoms with Gasteiger partial charge in [0.15, 0.2) is 0 Å². The van der Waals surface area contributed by atoms with Crippen LogP contribution in [0.3, 0.4) is 0 Å². The standard InChI is InChI=1S/C22H27N3O4/c1-16(21(17-7-5-4-6-8-17)25-9-11-29-12-10-25)23-24-22(26)18-13-19(27-2)15-20(14-18)28-3/h4-8,13-15,21H,9-12H2,1-3H3,(H,24,26)/b23-16-/t21-/m1/s1. The fourth-order valence-electron chi connectivity index (χ4n) is 3.39. The summed E-state index contributed by atoms with van der Waals surface area (Å²) in [5, 5.41) is 4.42. The molecule has 29 heavy (non-hydrogen) atoms. The molecule has 0 radical (unpaired) electrons. The summed E-state index contributed by atoms with van der Waals surface area (Å²) < 4.78 is 16.0. The first kappa shape index (κ1) is 20.8. The summed E-state index contributed by atoms with van der Waals surface area (Å²) in [6.07, 6.45) is 0. The van der Waals surface area contributed by atoms with Gasteiger partial charge in [0.1, 0.15) is 11.5 Å². The summed E-state index contributed by atoms with van der Waals surface area (Å²) in [4.78, 5) is 15.0. The van der Waals surface area contributed by atoms with E-state index in [0.29, 0.717) is 30.3 Å². The molecule has 1 atom stereocenters. The van der Waals surface area contributed by atoms with Gasteiger partial charge in [0.25, 0.3) is 5.91 Å². The average Bonchev–Trinajstić information content (AvgIpc) is 2.78. The number of morpholine rings is 1. The summed E-state index contributed by atoms with van der Waals surface area (Å²) in [5.41, 5.74) is 5.03. The van der Waals surface area contributed by atoms with Crippen LogP contribution in [0.25, 0.3) is 0 Å². The second-order valence-corrected chi connectivity index (χ2v) is 6.76. The Morgan fingerprint density at radius 3 is 2.28 bits per heavy atom. The molecule has 0 unspecified atom stereocenters. The van der Waals surface area contributed by atoms with E-state index in [1.807, 2.05) is 25.1 Å². The van der Waals surface area contributed by atoms with Crippen molar-refractivity contribution in [3.05, 3.63) is 59.7 Å². The lowest BCUT2D eigenvalue weighted by molar-refractivity contribution is 0.0285. The van der Waals surface area contributed by atoms with Crippen molar-refractivity contribution in [2.24, 2.45) is 5.10 Å². The van der Waals surface area contributed by atoms with Crippen LogP contribution in [-0.2, 0) is 4.74 Å². The van der Waals surface area contributed by atoms with Gasteiger partial charge in [0.2, 0.25) is 0 Å². The summed E-state index contributed by atoms with van der Waals surface area (Å²) in [5.74, 6) is 0.770. The van der Waals surface area contributed by atoms with E-state index in [4.69, 9.17) is 14.2 Å². The minimum Gasteiger partial charge on any atom is -0.497 e. The number of rotatable bonds is 7. The van der Waals surface area contributed by atoms with E-state index in [-0.39, 0.29) is 11.9 Å². The van der Waals surface area contributed by atoms with Crippen molar-refractivity contribution in [3.63, 3.8) is 0 Å². The third-order valence-corrected chi connectivity index (χ3v) is 4.87. The molecule has 1 aliphatic rings. The molecule has 3 rings (SSSR count). The van der Waals surface area contributed by atoms with Crippen LogP contribution in [0.1, 0.15) is 28.9 Å². The van der Waals surface area contributed by atoms with Crippen molar-refractivity contribution in [3.8, 4) is 11.5 Å². The molecule has 1 saturated heterocycles. The van der Waals surface area contributed by atoms with E-state index in [1.165, 1.54) is 0 Å². The van der Waals surface area contributed by atoms with Crippen LogP contribution < -0.4 is 14.9 Å². The molecule has 1 amide bonds. The zero-order valence-corrected chi connectivity index (χ0v) is 17.1. The van der Waals surface area contributed by atoms with Crippen molar-refractivity contribution >= 4 is 11.6 Å². The fourth-order valence-corrected chi connectivity index (χ4v) is 3.39. The minimum atomic E-state index is -0.324. The van der Waals surface area contributed by atoms with Crippen molar-refractivity contribution in [1.29, 1.82) is 0 Å². The predicted octanol–water partition coefficient (Wildman–Crippen LogP) is 2.88. The molecule has 0 saturated carbocycles. The highest BCUT2D eigenvalue weighted by Crippen LogP contribution is 2.24. The molecule has 2 aromatic rings. The lowest BCUT2D eigenvalue weighted by Crippen LogP contribution is -2.42. The number of hydrazone groups is 1. The van der Waals surface area contributed by atoms with Crippen LogP contribution in [0.4, 0.5) is 0 Å². The quantitative estimate of drug-likeness (QED) is 0.575. The van der Waals surface area contributed by atoms with E-state index < -0.39 is 0 Å². The Labute approximate surface area is 171 Å². The number of benzene rings is 2. The summed E-state index contributed by atoms with van der Waals surface area (Å²) in [7, 11) is 3.09. The van der Waals surface area contributed by atoms with Gasteiger partial charge in [-0.2, -0.15) is 5.10 Å². The number of methoxy groups -OCH3 is 2. The lowest BCUT2D eigenvalue weighted by Gasteiger charge is -2.34.